The second kappa shape index (κ2) is 14.0. The van der Waals surface area contributed by atoms with Crippen LogP contribution in [0.4, 0.5) is 26.3 Å². The average molecular weight is 803 g/mol. The molecule has 2 heterocycles. The van der Waals surface area contributed by atoms with Crippen LogP contribution < -0.4 is 4.72 Å². The Morgan fingerprint density at radius 2 is 1.62 bits per heavy atom. The minimum absolute atomic E-state index is 0.105. The van der Waals surface area contributed by atoms with E-state index in [-0.39, 0.29) is 55.5 Å². The summed E-state index contributed by atoms with van der Waals surface area (Å²) < 4.78 is 135. The minimum atomic E-state index is -5.75. The third-order valence-corrected chi connectivity index (χ3v) is 11.9. The van der Waals surface area contributed by atoms with Gasteiger partial charge in [-0.2, -0.15) is 26.3 Å². The molecular formula is C33H25ClF6N4O7S2. The van der Waals surface area contributed by atoms with Crippen molar-refractivity contribution in [3.05, 3.63) is 119 Å². The van der Waals surface area contributed by atoms with Gasteiger partial charge in [0.15, 0.2) is 0 Å². The van der Waals surface area contributed by atoms with Gasteiger partial charge in [0.1, 0.15) is 17.1 Å². The number of carbonyl (C=O) groups is 2. The van der Waals surface area contributed by atoms with Gasteiger partial charge in [-0.3, -0.25) is 18.6 Å². The van der Waals surface area contributed by atoms with E-state index in [1.54, 1.807) is 12.1 Å². The van der Waals surface area contributed by atoms with Gasteiger partial charge in [0.2, 0.25) is 5.91 Å². The molecule has 280 valence electrons. The highest BCUT2D eigenvalue weighted by atomic mass is 35.5. The van der Waals surface area contributed by atoms with Gasteiger partial charge in [-0.25, -0.2) is 18.2 Å². The fourth-order valence-corrected chi connectivity index (χ4v) is 8.82. The molecule has 6 rings (SSSR count). The molecule has 0 saturated carbocycles. The third-order valence-electron chi connectivity index (χ3n) is 8.19. The smallest absolute Gasteiger partial charge is 0.344 e. The second-order valence-electron chi connectivity index (χ2n) is 11.7. The third kappa shape index (κ3) is 7.85. The second-order valence-corrected chi connectivity index (χ2v) is 15.9. The van der Waals surface area contributed by atoms with E-state index in [9.17, 15) is 53.5 Å². The summed E-state index contributed by atoms with van der Waals surface area (Å²) >= 11 is 6.14. The van der Waals surface area contributed by atoms with E-state index in [4.69, 9.17) is 11.6 Å². The Labute approximate surface area is 303 Å². The van der Waals surface area contributed by atoms with Crippen LogP contribution in [0.5, 0.6) is 0 Å². The molecule has 1 aliphatic heterocycles. The number of amides is 1. The lowest BCUT2D eigenvalue weighted by atomic mass is 9.99. The predicted molar refractivity (Wildman–Crippen MR) is 180 cm³/mol. The van der Waals surface area contributed by atoms with Crippen molar-refractivity contribution in [2.45, 2.75) is 41.4 Å². The molecule has 4 N–H and O–H groups in total. The van der Waals surface area contributed by atoms with E-state index in [1.807, 2.05) is 0 Å². The number of nitrogens with one attached hydrogen (secondary N) is 2. The molecule has 0 spiro atoms. The van der Waals surface area contributed by atoms with Crippen LogP contribution in [0.15, 0.2) is 95.9 Å². The van der Waals surface area contributed by atoms with E-state index in [0.29, 0.717) is 6.07 Å². The van der Waals surface area contributed by atoms with Gasteiger partial charge in [0, 0.05) is 10.6 Å². The number of alkyl halides is 6. The van der Waals surface area contributed by atoms with Gasteiger partial charge >= 0.3 is 18.3 Å². The molecule has 0 aliphatic carbocycles. The highest BCUT2D eigenvalue weighted by Crippen LogP contribution is 2.56. The molecule has 11 nitrogen and oxygen atoms in total. The first-order valence-corrected chi connectivity index (χ1v) is 18.6. The monoisotopic (exact) mass is 802 g/mol. The number of aromatic nitrogens is 2. The number of fused-ring (bicyclic) bond motifs is 1. The summed E-state index contributed by atoms with van der Waals surface area (Å²) in [5, 5.41) is -1.15. The van der Waals surface area contributed by atoms with E-state index in [2.05, 4.69) is 19.5 Å². The molecule has 0 bridgehead atoms. The van der Waals surface area contributed by atoms with Crippen LogP contribution >= 0.6 is 22.4 Å². The van der Waals surface area contributed by atoms with Crippen LogP contribution in [0.1, 0.15) is 40.2 Å². The maximum absolute atomic E-state index is 14.5. The van der Waals surface area contributed by atoms with E-state index in [1.165, 1.54) is 60.7 Å². The number of nitrogens with zero attached hydrogens (tertiary/aromatic N) is 2. The lowest BCUT2D eigenvalue weighted by Gasteiger charge is -2.33. The Morgan fingerprint density at radius 1 is 0.962 bits per heavy atom. The molecule has 0 radical (unpaired) electrons. The Kier molecular flexibility index (Phi) is 10.0. The number of para-hydroxylation sites is 2. The molecule has 2 atom stereocenters. The van der Waals surface area contributed by atoms with Gasteiger partial charge in [-0.15, -0.1) is 10.8 Å². The van der Waals surface area contributed by atoms with Crippen LogP contribution in [0.3, 0.4) is 0 Å². The SMILES string of the molecule is O=C1CC(c2ccc(C[C@@H](c3nc4ccccc4[nH]3)N(OC(=O)C(F)(F)F)S(=O)(=O)c3ccc(-c4ccccc4Cl)c(C(F)(F)F)c3)cc2)S(O)(O)N1. The Balaban J connectivity index is 1.49. The van der Waals surface area contributed by atoms with Crippen LogP contribution in [-0.4, -0.2) is 50.0 Å². The molecule has 20 heteroatoms. The number of benzene rings is 4. The fourth-order valence-electron chi connectivity index (χ4n) is 5.72. The number of hydroxylamine groups is 1. The van der Waals surface area contributed by atoms with Crippen molar-refractivity contribution in [3.63, 3.8) is 0 Å². The van der Waals surface area contributed by atoms with Crippen molar-refractivity contribution in [1.82, 2.24) is 19.2 Å². The molecule has 53 heavy (non-hydrogen) atoms. The quantitative estimate of drug-likeness (QED) is 0.0859. The molecule has 1 unspecified atom stereocenters. The Hall–Kier alpha value is -4.66. The lowest BCUT2D eigenvalue weighted by Crippen LogP contribution is -2.42. The zero-order chi connectivity index (χ0) is 38.5. The van der Waals surface area contributed by atoms with Crippen LogP contribution in [0.2, 0.25) is 5.02 Å². The van der Waals surface area contributed by atoms with Gasteiger partial charge in [0.25, 0.3) is 10.0 Å². The van der Waals surface area contributed by atoms with Crippen LogP contribution in [0.25, 0.3) is 22.2 Å². The minimum Gasteiger partial charge on any atom is -0.344 e. The molecular weight excluding hydrogens is 778 g/mol. The van der Waals surface area contributed by atoms with Crippen LogP contribution in [-0.2, 0) is 37.0 Å². The maximum atomic E-state index is 14.5. The number of imidazole rings is 1. The Morgan fingerprint density at radius 3 is 2.23 bits per heavy atom. The molecule has 1 aliphatic rings. The number of rotatable bonds is 9. The summed E-state index contributed by atoms with van der Waals surface area (Å²) in [5.41, 5.74) is -1.21. The summed E-state index contributed by atoms with van der Waals surface area (Å²) in [6.07, 6.45) is -11.8. The van der Waals surface area contributed by atoms with Crippen molar-refractivity contribution in [2.24, 2.45) is 0 Å². The first-order chi connectivity index (χ1) is 24.8. The van der Waals surface area contributed by atoms with Gasteiger partial charge in [-0.05, 0) is 57.9 Å². The zero-order valence-corrected chi connectivity index (χ0v) is 28.9. The first kappa shape index (κ1) is 38.1. The Bertz CT molecular complexity index is 2290. The number of sulfonamides is 1. The normalized spacial score (nSPS) is 17.5. The summed E-state index contributed by atoms with van der Waals surface area (Å²) in [6, 6.07) is 16.7. The summed E-state index contributed by atoms with van der Waals surface area (Å²) in [5.74, 6) is -3.97. The van der Waals surface area contributed by atoms with Crippen LogP contribution in [0, 0.1) is 0 Å². The lowest BCUT2D eigenvalue weighted by molar-refractivity contribution is -0.227. The van der Waals surface area contributed by atoms with Crippen molar-refractivity contribution >= 4 is 55.3 Å². The van der Waals surface area contributed by atoms with E-state index >= 15 is 0 Å². The molecule has 5 aromatic rings. The van der Waals surface area contributed by atoms with E-state index < -0.39 is 78.8 Å². The molecule has 1 saturated heterocycles. The number of carbonyl (C=O) groups excluding carboxylic acids is 2. The molecule has 1 amide bonds. The number of hydrogen-bond acceptors (Lipinski definition) is 8. The average Bonchev–Trinajstić information content (AvgIpc) is 3.64. The number of hydrogen-bond donors (Lipinski definition) is 4. The highest BCUT2D eigenvalue weighted by molar-refractivity contribution is 8.23. The standard InChI is InChI=1S/C33H25ClF6N4O7S2/c34-24-6-2-1-5-22(24)21-14-13-20(16-23(21)32(35,36)37)53(49,50)44(51-31(46)33(38,39)40)27(30-41-25-7-3-4-8-26(25)42-30)15-18-9-11-19(12-10-18)28-17-29(45)43-52(28,47)48/h1-14,16,27-28,47-48H,15,17H2,(H,41,42)(H,43,45)/t27-,28?/m0/s1. The molecule has 1 fully saturated rings. The number of aromatic amines is 1. The van der Waals surface area contributed by atoms with Crippen molar-refractivity contribution in [2.75, 3.05) is 0 Å². The molecule has 4 aromatic carbocycles. The number of halogens is 7. The van der Waals surface area contributed by atoms with E-state index in [0.717, 1.165) is 6.07 Å². The fraction of sp³-hybridized carbons (Fsp3) is 0.182. The van der Waals surface area contributed by atoms with Gasteiger partial charge < -0.3 is 9.82 Å². The largest absolute Gasteiger partial charge is 0.492 e. The van der Waals surface area contributed by atoms with Crippen molar-refractivity contribution in [3.8, 4) is 11.1 Å². The summed E-state index contributed by atoms with van der Waals surface area (Å²) in [6.45, 7) is 0. The predicted octanol–water partition coefficient (Wildman–Crippen LogP) is 8.12. The summed E-state index contributed by atoms with van der Waals surface area (Å²) in [7, 11) is -9.17. The van der Waals surface area contributed by atoms with Crippen molar-refractivity contribution in [1.29, 1.82) is 0 Å². The van der Waals surface area contributed by atoms with Gasteiger partial charge in [0.05, 0.1) is 27.9 Å². The maximum Gasteiger partial charge on any atom is 0.492 e. The zero-order valence-electron chi connectivity index (χ0n) is 26.5. The van der Waals surface area contributed by atoms with Crippen molar-refractivity contribution < 1.29 is 58.3 Å². The number of H-pyrrole nitrogens is 1. The first-order valence-electron chi connectivity index (χ1n) is 15.2. The molecule has 1 aromatic heterocycles. The van der Waals surface area contributed by atoms with Gasteiger partial charge in [-0.1, -0.05) is 72.3 Å². The summed E-state index contributed by atoms with van der Waals surface area (Å²) in [4.78, 5) is 34.6. The topological polar surface area (TPSA) is 162 Å². The highest BCUT2D eigenvalue weighted by Gasteiger charge is 2.48.